The standard InChI is InChI=1S/C19H18Br2N4O/c1-4-25(3)11-23-18-9-16(21)19(24-12(18)2)26-15-5-6-17-13(8-15)7-14(20)10-22-17/h5-11H,4H2,1-3H3. The van der Waals surface area contributed by atoms with Crippen molar-refractivity contribution < 1.29 is 4.74 Å². The first kappa shape index (κ1) is 18.8. The molecule has 2 aromatic heterocycles. The van der Waals surface area contributed by atoms with Gasteiger partial charge in [0.2, 0.25) is 5.88 Å². The van der Waals surface area contributed by atoms with Crippen LogP contribution in [0.25, 0.3) is 10.9 Å². The zero-order valence-electron chi connectivity index (χ0n) is 14.7. The third-order valence-electron chi connectivity index (χ3n) is 3.83. The molecule has 0 amide bonds. The van der Waals surface area contributed by atoms with Gasteiger partial charge in [-0.25, -0.2) is 9.98 Å². The van der Waals surface area contributed by atoms with Crippen LogP contribution in [0.3, 0.4) is 0 Å². The van der Waals surface area contributed by atoms with Crippen LogP contribution in [0.1, 0.15) is 12.6 Å². The summed E-state index contributed by atoms with van der Waals surface area (Å²) in [5, 5.41) is 0.994. The number of hydrogen-bond donors (Lipinski definition) is 0. The van der Waals surface area contributed by atoms with Crippen molar-refractivity contribution in [3.8, 4) is 11.6 Å². The van der Waals surface area contributed by atoms with Gasteiger partial charge in [0, 0.05) is 29.6 Å². The number of pyridine rings is 2. The highest BCUT2D eigenvalue weighted by Gasteiger charge is 2.10. The first-order valence-electron chi connectivity index (χ1n) is 8.11. The van der Waals surface area contributed by atoms with Gasteiger partial charge in [0.05, 0.1) is 27.7 Å². The topological polar surface area (TPSA) is 50.6 Å². The van der Waals surface area contributed by atoms with Gasteiger partial charge in [-0.3, -0.25) is 4.98 Å². The third-order valence-corrected chi connectivity index (χ3v) is 4.84. The Kier molecular flexibility index (Phi) is 5.88. The fraction of sp³-hybridized carbons (Fsp3) is 0.211. The lowest BCUT2D eigenvalue weighted by molar-refractivity contribution is 0.459. The number of hydrogen-bond acceptors (Lipinski definition) is 4. The van der Waals surface area contributed by atoms with Gasteiger partial charge in [0.15, 0.2) is 0 Å². The average molecular weight is 478 g/mol. The Labute approximate surface area is 169 Å². The molecule has 5 nitrogen and oxygen atoms in total. The lowest BCUT2D eigenvalue weighted by Gasteiger charge is -2.11. The van der Waals surface area contributed by atoms with Gasteiger partial charge in [0.1, 0.15) is 5.75 Å². The fourth-order valence-corrected chi connectivity index (χ4v) is 2.99. The van der Waals surface area contributed by atoms with E-state index in [2.05, 4.69) is 53.7 Å². The van der Waals surface area contributed by atoms with Crippen molar-refractivity contribution >= 4 is 54.8 Å². The Morgan fingerprint density at radius 1 is 1.23 bits per heavy atom. The summed E-state index contributed by atoms with van der Waals surface area (Å²) in [6, 6.07) is 9.67. The zero-order chi connectivity index (χ0) is 18.7. The molecule has 0 bridgehead atoms. The quantitative estimate of drug-likeness (QED) is 0.340. The Morgan fingerprint density at radius 2 is 2.04 bits per heavy atom. The highest BCUT2D eigenvalue weighted by molar-refractivity contribution is 9.10. The Morgan fingerprint density at radius 3 is 2.81 bits per heavy atom. The van der Waals surface area contributed by atoms with E-state index < -0.39 is 0 Å². The van der Waals surface area contributed by atoms with Crippen LogP contribution >= 0.6 is 31.9 Å². The molecule has 0 radical (unpaired) electrons. The maximum absolute atomic E-state index is 5.98. The largest absolute Gasteiger partial charge is 0.438 e. The van der Waals surface area contributed by atoms with E-state index in [0.29, 0.717) is 11.6 Å². The molecular weight excluding hydrogens is 460 g/mol. The van der Waals surface area contributed by atoms with E-state index in [1.165, 1.54) is 0 Å². The molecule has 0 fully saturated rings. The average Bonchev–Trinajstić information content (AvgIpc) is 2.62. The molecule has 0 saturated carbocycles. The van der Waals surface area contributed by atoms with Gasteiger partial charge >= 0.3 is 0 Å². The van der Waals surface area contributed by atoms with Crippen LogP contribution in [0.4, 0.5) is 5.69 Å². The van der Waals surface area contributed by atoms with E-state index in [1.807, 2.05) is 49.2 Å². The summed E-state index contributed by atoms with van der Waals surface area (Å²) in [7, 11) is 1.98. The van der Waals surface area contributed by atoms with Crippen molar-refractivity contribution in [2.75, 3.05) is 13.6 Å². The van der Waals surface area contributed by atoms with E-state index in [1.54, 1.807) is 12.5 Å². The SMILES string of the molecule is CCN(C)C=Nc1cc(Br)c(Oc2ccc3ncc(Br)cc3c2)nc1C. The van der Waals surface area contributed by atoms with Crippen molar-refractivity contribution in [2.24, 2.45) is 4.99 Å². The van der Waals surface area contributed by atoms with Crippen LogP contribution in [0.2, 0.25) is 0 Å². The van der Waals surface area contributed by atoms with E-state index >= 15 is 0 Å². The van der Waals surface area contributed by atoms with Gasteiger partial charge in [-0.05, 0) is 76.0 Å². The second kappa shape index (κ2) is 8.14. The summed E-state index contributed by atoms with van der Waals surface area (Å²) in [6.45, 7) is 4.88. The Bertz CT molecular complexity index is 975. The monoisotopic (exact) mass is 476 g/mol. The highest BCUT2D eigenvalue weighted by Crippen LogP contribution is 2.33. The number of aromatic nitrogens is 2. The van der Waals surface area contributed by atoms with Crippen LogP contribution < -0.4 is 4.74 Å². The van der Waals surface area contributed by atoms with E-state index in [0.717, 1.165) is 37.8 Å². The summed E-state index contributed by atoms with van der Waals surface area (Å²) in [5.74, 6) is 1.21. The molecule has 2 heterocycles. The van der Waals surface area contributed by atoms with Crippen LogP contribution in [-0.2, 0) is 0 Å². The summed E-state index contributed by atoms with van der Waals surface area (Å²) in [6.07, 6.45) is 3.57. The first-order chi connectivity index (χ1) is 12.5. The number of rotatable bonds is 5. The predicted octanol–water partition coefficient (Wildman–Crippen LogP) is 5.87. The normalized spacial score (nSPS) is 11.3. The minimum Gasteiger partial charge on any atom is -0.438 e. The summed E-state index contributed by atoms with van der Waals surface area (Å²) in [5.41, 5.74) is 2.51. The molecule has 0 aliphatic heterocycles. The molecule has 0 saturated heterocycles. The highest BCUT2D eigenvalue weighted by atomic mass is 79.9. The molecule has 0 atom stereocenters. The number of fused-ring (bicyclic) bond motifs is 1. The minimum absolute atomic E-state index is 0.507. The molecule has 0 aliphatic carbocycles. The van der Waals surface area contributed by atoms with Crippen molar-refractivity contribution in [1.82, 2.24) is 14.9 Å². The molecule has 7 heteroatoms. The number of nitrogens with zero attached hydrogens (tertiary/aromatic N) is 4. The van der Waals surface area contributed by atoms with Gasteiger partial charge in [0.25, 0.3) is 0 Å². The van der Waals surface area contributed by atoms with Gasteiger partial charge in [-0.15, -0.1) is 0 Å². The number of benzene rings is 1. The molecule has 0 spiro atoms. The van der Waals surface area contributed by atoms with E-state index in [4.69, 9.17) is 4.74 Å². The van der Waals surface area contributed by atoms with Gasteiger partial charge in [-0.1, -0.05) is 0 Å². The van der Waals surface area contributed by atoms with Crippen LogP contribution in [0, 0.1) is 6.92 Å². The van der Waals surface area contributed by atoms with Gasteiger partial charge in [-0.2, -0.15) is 0 Å². The van der Waals surface area contributed by atoms with Crippen LogP contribution in [0.5, 0.6) is 11.6 Å². The lowest BCUT2D eigenvalue weighted by Crippen LogP contribution is -2.14. The smallest absolute Gasteiger partial charge is 0.233 e. The minimum atomic E-state index is 0.507. The molecule has 134 valence electrons. The molecule has 3 aromatic rings. The van der Waals surface area contributed by atoms with Crippen molar-refractivity contribution in [1.29, 1.82) is 0 Å². The fourth-order valence-electron chi connectivity index (χ4n) is 2.25. The second-order valence-electron chi connectivity index (χ2n) is 5.81. The van der Waals surface area contributed by atoms with Gasteiger partial charge < -0.3 is 9.64 Å². The molecule has 0 aliphatic rings. The van der Waals surface area contributed by atoms with Crippen LogP contribution in [0.15, 0.2) is 50.5 Å². The maximum atomic E-state index is 5.98. The molecule has 0 unspecified atom stereocenters. The molecule has 0 N–H and O–H groups in total. The van der Waals surface area contributed by atoms with Crippen molar-refractivity contribution in [3.05, 3.63) is 51.2 Å². The number of aliphatic imine (C=N–C) groups is 1. The van der Waals surface area contributed by atoms with Crippen molar-refractivity contribution in [3.63, 3.8) is 0 Å². The number of halogens is 2. The first-order valence-corrected chi connectivity index (χ1v) is 9.69. The molecular formula is C19H18Br2N4O. The number of ether oxygens (including phenoxy) is 1. The predicted molar refractivity (Wildman–Crippen MR) is 113 cm³/mol. The van der Waals surface area contributed by atoms with Crippen LogP contribution in [-0.4, -0.2) is 34.8 Å². The van der Waals surface area contributed by atoms with E-state index in [9.17, 15) is 0 Å². The maximum Gasteiger partial charge on any atom is 0.233 e. The molecule has 1 aromatic carbocycles. The molecule has 3 rings (SSSR count). The lowest BCUT2D eigenvalue weighted by atomic mass is 10.2. The Balaban J connectivity index is 1.88. The second-order valence-corrected chi connectivity index (χ2v) is 7.58. The zero-order valence-corrected chi connectivity index (χ0v) is 17.9. The summed E-state index contributed by atoms with van der Waals surface area (Å²) < 4.78 is 7.66. The third kappa shape index (κ3) is 4.40. The number of aryl methyl sites for hydroxylation is 1. The molecule has 26 heavy (non-hydrogen) atoms. The Hall–Kier alpha value is -1.99. The summed E-state index contributed by atoms with van der Waals surface area (Å²) in [4.78, 5) is 15.4. The summed E-state index contributed by atoms with van der Waals surface area (Å²) >= 11 is 6.97. The van der Waals surface area contributed by atoms with E-state index in [-0.39, 0.29) is 0 Å². The van der Waals surface area contributed by atoms with Crippen molar-refractivity contribution in [2.45, 2.75) is 13.8 Å².